The molecule has 0 bridgehead atoms. The lowest BCUT2D eigenvalue weighted by atomic mass is 10.0. The van der Waals surface area contributed by atoms with E-state index in [1.165, 1.54) is 0 Å². The van der Waals surface area contributed by atoms with E-state index in [0.29, 0.717) is 16.1 Å². The second kappa shape index (κ2) is 18.0. The van der Waals surface area contributed by atoms with Gasteiger partial charge < -0.3 is 19.4 Å². The maximum atomic E-state index is 11.6. The van der Waals surface area contributed by atoms with Crippen molar-refractivity contribution < 1.29 is 4.79 Å². The molecule has 13 nitrogen and oxygen atoms in total. The summed E-state index contributed by atoms with van der Waals surface area (Å²) in [6, 6.07) is 24.3. The lowest BCUT2D eigenvalue weighted by Crippen LogP contribution is -2.41. The Morgan fingerprint density at radius 3 is 1.62 bits per heavy atom. The van der Waals surface area contributed by atoms with Crippen LogP contribution in [-0.2, 0) is 18.9 Å². The van der Waals surface area contributed by atoms with Gasteiger partial charge in [0.25, 0.3) is 0 Å². The maximum Gasteiger partial charge on any atom is 0.219 e. The first kappa shape index (κ1) is 41.7. The lowest BCUT2D eigenvalue weighted by Gasteiger charge is -2.32. The predicted molar refractivity (Wildman–Crippen MR) is 255 cm³/mol. The zero-order valence-corrected chi connectivity index (χ0v) is 37.5. The van der Waals surface area contributed by atoms with Gasteiger partial charge in [-0.25, -0.2) is 9.97 Å². The van der Waals surface area contributed by atoms with Gasteiger partial charge in [0.05, 0.1) is 62.3 Å². The molecule has 0 spiro atoms. The van der Waals surface area contributed by atoms with E-state index in [1.54, 1.807) is 56.2 Å². The quantitative estimate of drug-likeness (QED) is 0.181. The molecule has 1 aliphatic rings. The summed E-state index contributed by atoms with van der Waals surface area (Å²) < 4.78 is 4.90. The van der Waals surface area contributed by atoms with Crippen molar-refractivity contribution >= 4 is 106 Å². The Morgan fingerprint density at radius 2 is 1.06 bits per heavy atom. The number of nitrogens with one attached hydrogen (secondary N) is 1. The normalized spacial score (nSPS) is 13.0. The third kappa shape index (κ3) is 9.01. The van der Waals surface area contributed by atoms with E-state index >= 15 is 0 Å². The summed E-state index contributed by atoms with van der Waals surface area (Å²) in [5.74, 6) is 0.155. The third-order valence-corrected chi connectivity index (χ3v) is 12.0. The highest BCUT2D eigenvalue weighted by Crippen LogP contribution is 2.34. The van der Waals surface area contributed by atoms with Crippen LogP contribution in [0.1, 0.15) is 19.8 Å². The standard InChI is InChI=1S/C23H24N6O.C16H11ClN4.C8H4BrClN2/c1-15(30)29-9-5-17(6-10-29)27-18-12-19(23-21(13-18)24-7-8-25-23)16-3-4-20-22(11-16)28(2)14-26-20;1-21-9-20-13-3-2-10(6-15(13)21)12-7-11(17)8-14-16(12)19-5-4-18-14;9-6-3-5(10)4-7-8(6)12-2-1-11-7/h3-4,7-8,11-14,17,27H,5-6,9-10H2,1-2H3;2-9H,1H3;1-4H. The van der Waals surface area contributed by atoms with Crippen molar-refractivity contribution in [3.8, 4) is 22.3 Å². The maximum absolute atomic E-state index is 11.6. The summed E-state index contributed by atoms with van der Waals surface area (Å²) in [6.45, 7) is 3.23. The summed E-state index contributed by atoms with van der Waals surface area (Å²) in [4.78, 5) is 48.5. The minimum absolute atomic E-state index is 0.155. The number of hydrogen-bond acceptors (Lipinski definition) is 10. The van der Waals surface area contributed by atoms with Crippen LogP contribution in [0, 0.1) is 0 Å². The van der Waals surface area contributed by atoms with Crippen molar-refractivity contribution in [2.45, 2.75) is 25.8 Å². The van der Waals surface area contributed by atoms with Gasteiger partial charge in [-0.3, -0.25) is 34.7 Å². The number of anilines is 1. The van der Waals surface area contributed by atoms with E-state index in [4.69, 9.17) is 23.2 Å². The lowest BCUT2D eigenvalue weighted by molar-refractivity contribution is -0.129. The van der Waals surface area contributed by atoms with E-state index in [9.17, 15) is 4.79 Å². The minimum atomic E-state index is 0.155. The number of imidazole rings is 2. The monoisotopic (exact) mass is 936 g/mol. The second-order valence-corrected chi connectivity index (χ2v) is 16.9. The number of likely N-dealkylation sites (tertiary alicyclic amines) is 1. The van der Waals surface area contributed by atoms with Crippen LogP contribution in [0.3, 0.4) is 0 Å². The van der Waals surface area contributed by atoms with Gasteiger partial charge in [-0.05, 0) is 101 Å². The van der Waals surface area contributed by atoms with Crippen LogP contribution in [0.5, 0.6) is 0 Å². The molecule has 0 aliphatic carbocycles. The number of hydrogen-bond donors (Lipinski definition) is 1. The molecule has 10 aromatic rings. The number of rotatable bonds is 4. The molecule has 1 aliphatic heterocycles. The van der Waals surface area contributed by atoms with Crippen molar-refractivity contribution in [1.82, 2.24) is 53.9 Å². The van der Waals surface area contributed by atoms with Gasteiger partial charge in [-0.2, -0.15) is 0 Å². The van der Waals surface area contributed by atoms with Crippen LogP contribution in [0.15, 0.2) is 127 Å². The molecular weight excluding hydrogens is 899 g/mol. The zero-order valence-electron chi connectivity index (χ0n) is 34.4. The molecule has 0 atom stereocenters. The first-order valence-electron chi connectivity index (χ1n) is 20.1. The molecule has 1 N–H and O–H groups in total. The molecule has 16 heteroatoms. The molecule has 1 amide bonds. The van der Waals surface area contributed by atoms with Crippen molar-refractivity contribution in [2.24, 2.45) is 14.1 Å². The van der Waals surface area contributed by atoms with Crippen molar-refractivity contribution in [1.29, 1.82) is 0 Å². The number of carbonyl (C=O) groups excluding carboxylic acids is 1. The average Bonchev–Trinajstić information content (AvgIpc) is 3.86. The number of carbonyl (C=O) groups is 1. The smallest absolute Gasteiger partial charge is 0.219 e. The van der Waals surface area contributed by atoms with Crippen molar-refractivity contribution in [3.63, 3.8) is 0 Å². The van der Waals surface area contributed by atoms with E-state index in [2.05, 4.69) is 91.5 Å². The van der Waals surface area contributed by atoms with Gasteiger partial charge in [-0.1, -0.05) is 35.3 Å². The Morgan fingerprint density at radius 1 is 0.587 bits per heavy atom. The number of aromatic nitrogens is 10. The number of halogens is 3. The predicted octanol–water partition coefficient (Wildman–Crippen LogP) is 10.5. The first-order chi connectivity index (χ1) is 30.6. The summed E-state index contributed by atoms with van der Waals surface area (Å²) in [6.07, 6.45) is 15.6. The van der Waals surface area contributed by atoms with Crippen molar-refractivity contribution in [2.75, 3.05) is 18.4 Å². The van der Waals surface area contributed by atoms with Gasteiger partial charge in [-0.15, -0.1) is 0 Å². The summed E-state index contributed by atoms with van der Waals surface area (Å²) in [5.41, 5.74) is 14.3. The molecule has 314 valence electrons. The molecule has 5 aromatic heterocycles. The first-order valence-corrected chi connectivity index (χ1v) is 21.7. The van der Waals surface area contributed by atoms with E-state index in [-0.39, 0.29) is 5.91 Å². The van der Waals surface area contributed by atoms with Crippen LogP contribution in [-0.4, -0.2) is 78.9 Å². The molecule has 11 rings (SSSR count). The highest BCUT2D eigenvalue weighted by atomic mass is 79.9. The molecule has 0 unspecified atom stereocenters. The number of nitrogens with zero attached hydrogens (tertiary/aromatic N) is 11. The molecule has 0 saturated carbocycles. The minimum Gasteiger partial charge on any atom is -0.382 e. The Labute approximate surface area is 380 Å². The fourth-order valence-electron chi connectivity index (χ4n) is 7.80. The Bertz CT molecular complexity index is 3310. The van der Waals surface area contributed by atoms with Crippen molar-refractivity contribution in [3.05, 3.63) is 137 Å². The van der Waals surface area contributed by atoms with Gasteiger partial charge in [0.15, 0.2) is 0 Å². The van der Waals surface area contributed by atoms with Gasteiger partial charge in [0, 0.05) is 109 Å². The largest absolute Gasteiger partial charge is 0.382 e. The zero-order chi connectivity index (χ0) is 43.6. The second-order valence-electron chi connectivity index (χ2n) is 15.2. The topological polar surface area (TPSA) is 145 Å². The number of benzene rings is 5. The molecule has 1 saturated heterocycles. The number of fused-ring (bicyclic) bond motifs is 5. The van der Waals surface area contributed by atoms with E-state index in [1.807, 2.05) is 71.1 Å². The van der Waals surface area contributed by atoms with Crippen LogP contribution in [0.2, 0.25) is 10.0 Å². The van der Waals surface area contributed by atoms with Crippen LogP contribution in [0.4, 0.5) is 5.69 Å². The van der Waals surface area contributed by atoms with E-state index in [0.717, 1.165) is 114 Å². The molecule has 63 heavy (non-hydrogen) atoms. The Balaban J connectivity index is 0.000000132. The van der Waals surface area contributed by atoms with Gasteiger partial charge >= 0.3 is 0 Å². The summed E-state index contributed by atoms with van der Waals surface area (Å²) in [5, 5.41) is 4.98. The highest BCUT2D eigenvalue weighted by Gasteiger charge is 2.21. The average molecular weight is 939 g/mol. The number of amides is 1. The fourth-order valence-corrected chi connectivity index (χ4v) is 8.91. The summed E-state index contributed by atoms with van der Waals surface area (Å²) in [7, 11) is 3.98. The van der Waals surface area contributed by atoms with Crippen LogP contribution < -0.4 is 5.32 Å². The molecule has 1 fully saturated rings. The Hall–Kier alpha value is -6.61. The molecule has 5 aromatic carbocycles. The molecule has 0 radical (unpaired) electrons. The van der Waals surface area contributed by atoms with Crippen LogP contribution >= 0.6 is 39.1 Å². The summed E-state index contributed by atoms with van der Waals surface area (Å²) >= 11 is 15.4. The van der Waals surface area contributed by atoms with Crippen LogP contribution in [0.25, 0.3) is 77.4 Å². The number of aryl methyl sites for hydroxylation is 2. The SMILES string of the molecule is CC(=O)N1CCC(Nc2cc(-c3ccc4ncn(C)c4c3)c3nccnc3c2)CC1.Clc1cc(Br)c2nccnc2c1.Cn1cnc2ccc(-c3cc(Cl)cc4nccnc34)cc21. The Kier molecular flexibility index (Phi) is 11.9. The van der Waals surface area contributed by atoms with Gasteiger partial charge in [0.2, 0.25) is 5.91 Å². The number of piperidine rings is 1. The van der Waals surface area contributed by atoms with Gasteiger partial charge in [0.1, 0.15) is 5.52 Å². The fraction of sp³-hybridized carbons (Fsp3) is 0.170. The molecular formula is C47H39BrCl2N12O. The third-order valence-electron chi connectivity index (χ3n) is 11.0. The van der Waals surface area contributed by atoms with E-state index < -0.39 is 0 Å². The molecule has 6 heterocycles. The highest BCUT2D eigenvalue weighted by molar-refractivity contribution is 9.10.